The molecule has 0 unspecified atom stereocenters. The van der Waals surface area contributed by atoms with Gasteiger partial charge in [-0.1, -0.05) is 34.8 Å². The molecule has 1 amide bonds. The van der Waals surface area contributed by atoms with E-state index in [2.05, 4.69) is 14.5 Å². The molecule has 0 aliphatic carbocycles. The predicted molar refractivity (Wildman–Crippen MR) is 126 cm³/mol. The number of carbonyl (C=O) groups is 1. The Labute approximate surface area is 190 Å². The third-order valence-electron chi connectivity index (χ3n) is 5.16. The number of carbonyl (C=O) groups excluding carboxylic acids is 1. The van der Waals surface area contributed by atoms with Crippen LogP contribution in [0.15, 0.2) is 30.3 Å². The zero-order valence-electron chi connectivity index (χ0n) is 15.9. The fourth-order valence-corrected chi connectivity index (χ4v) is 5.34. The van der Waals surface area contributed by atoms with E-state index < -0.39 is 0 Å². The minimum Gasteiger partial charge on any atom is -0.371 e. The van der Waals surface area contributed by atoms with Gasteiger partial charge in [-0.3, -0.25) is 4.79 Å². The summed E-state index contributed by atoms with van der Waals surface area (Å²) >= 11 is 20.7. The van der Waals surface area contributed by atoms with E-state index in [0.29, 0.717) is 21.3 Å². The number of benzene rings is 2. The van der Waals surface area contributed by atoms with Gasteiger partial charge in [0.25, 0.3) is 5.91 Å². The zero-order chi connectivity index (χ0) is 20.4. The van der Waals surface area contributed by atoms with Gasteiger partial charge in [-0.15, -0.1) is 0 Å². The second-order valence-electron chi connectivity index (χ2n) is 7.28. The van der Waals surface area contributed by atoms with Crippen LogP contribution in [0, 0.1) is 0 Å². The first-order valence-electron chi connectivity index (χ1n) is 9.77. The molecular weight excluding hydrogens is 449 g/mol. The van der Waals surface area contributed by atoms with Gasteiger partial charge in [-0.05, 0) is 68.0 Å². The monoisotopic (exact) mass is 469 g/mol. The van der Waals surface area contributed by atoms with Gasteiger partial charge in [-0.25, -0.2) is 0 Å². The highest BCUT2D eigenvalue weighted by Crippen LogP contribution is 2.36. The molecule has 2 aliphatic heterocycles. The van der Waals surface area contributed by atoms with Crippen molar-refractivity contribution in [2.75, 3.05) is 39.9 Å². The first-order valence-corrected chi connectivity index (χ1v) is 11.9. The van der Waals surface area contributed by atoms with Crippen LogP contribution in [-0.4, -0.2) is 31.3 Å². The van der Waals surface area contributed by atoms with E-state index in [1.807, 2.05) is 18.2 Å². The molecule has 0 bridgehead atoms. The summed E-state index contributed by atoms with van der Waals surface area (Å²) < 4.78 is 2.15. The number of hydrogen-bond donors (Lipinski definition) is 1. The maximum Gasteiger partial charge on any atom is 0.257 e. The zero-order valence-corrected chi connectivity index (χ0v) is 19.0. The van der Waals surface area contributed by atoms with Crippen LogP contribution in [0.3, 0.4) is 0 Å². The Balaban J connectivity index is 1.58. The largest absolute Gasteiger partial charge is 0.371 e. The van der Waals surface area contributed by atoms with Crippen LogP contribution >= 0.6 is 46.8 Å². The van der Waals surface area contributed by atoms with Crippen molar-refractivity contribution in [3.05, 3.63) is 51.0 Å². The van der Waals surface area contributed by atoms with Crippen molar-refractivity contribution in [1.82, 2.24) is 0 Å². The first-order chi connectivity index (χ1) is 14.0. The summed E-state index contributed by atoms with van der Waals surface area (Å²) in [5.74, 6) is 0.763. The van der Waals surface area contributed by atoms with E-state index in [9.17, 15) is 4.79 Å². The van der Waals surface area contributed by atoms with Crippen LogP contribution in [0.2, 0.25) is 15.1 Å². The van der Waals surface area contributed by atoms with Crippen LogP contribution < -0.4 is 14.5 Å². The number of halogens is 3. The van der Waals surface area contributed by atoms with Crippen molar-refractivity contribution < 1.29 is 4.79 Å². The molecule has 0 aromatic heterocycles. The van der Waals surface area contributed by atoms with Crippen LogP contribution in [0.25, 0.3) is 0 Å². The van der Waals surface area contributed by atoms with Crippen LogP contribution in [-0.2, 0) is 0 Å². The third kappa shape index (κ3) is 4.91. The average molecular weight is 471 g/mol. The van der Waals surface area contributed by atoms with Gasteiger partial charge in [-0.2, -0.15) is 0 Å². The van der Waals surface area contributed by atoms with Crippen LogP contribution in [0.5, 0.6) is 0 Å². The topological polar surface area (TPSA) is 35.6 Å². The summed E-state index contributed by atoms with van der Waals surface area (Å²) in [6, 6.07) is 9.27. The predicted octanol–water partition coefficient (Wildman–Crippen LogP) is 6.75. The molecule has 2 heterocycles. The lowest BCUT2D eigenvalue weighted by Crippen LogP contribution is -2.29. The van der Waals surface area contributed by atoms with Crippen molar-refractivity contribution in [2.45, 2.75) is 25.7 Å². The molecule has 2 aromatic carbocycles. The lowest BCUT2D eigenvalue weighted by atomic mass is 10.1. The number of anilines is 3. The normalized spacial score (nSPS) is 16.9. The highest BCUT2D eigenvalue weighted by molar-refractivity contribution is 8.00. The molecule has 4 rings (SSSR count). The highest BCUT2D eigenvalue weighted by atomic mass is 35.5. The fraction of sp³-hybridized carbons (Fsp3) is 0.381. The highest BCUT2D eigenvalue weighted by Gasteiger charge is 2.21. The van der Waals surface area contributed by atoms with Crippen molar-refractivity contribution >= 4 is 69.7 Å². The third-order valence-corrected chi connectivity index (χ3v) is 7.36. The molecule has 0 spiro atoms. The quantitative estimate of drug-likeness (QED) is 0.501. The Kier molecular flexibility index (Phi) is 6.69. The molecule has 8 heteroatoms. The number of hydrogen-bond acceptors (Lipinski definition) is 4. The number of piperidine rings is 1. The lowest BCUT2D eigenvalue weighted by molar-refractivity contribution is 0.102. The van der Waals surface area contributed by atoms with E-state index >= 15 is 0 Å². The molecule has 0 radical (unpaired) electrons. The van der Waals surface area contributed by atoms with Crippen molar-refractivity contribution in [3.63, 3.8) is 0 Å². The molecule has 2 fully saturated rings. The van der Waals surface area contributed by atoms with Gasteiger partial charge in [0.15, 0.2) is 0 Å². The van der Waals surface area contributed by atoms with Gasteiger partial charge in [0, 0.05) is 47.5 Å². The van der Waals surface area contributed by atoms with Crippen molar-refractivity contribution in [1.29, 1.82) is 0 Å². The van der Waals surface area contributed by atoms with Gasteiger partial charge < -0.3 is 14.5 Å². The Hall–Kier alpha value is -1.27. The Bertz CT molecular complexity index is 912. The van der Waals surface area contributed by atoms with Crippen LogP contribution in [0.4, 0.5) is 17.1 Å². The summed E-state index contributed by atoms with van der Waals surface area (Å²) in [4.78, 5) is 15.3. The molecule has 0 saturated carbocycles. The van der Waals surface area contributed by atoms with E-state index in [-0.39, 0.29) is 10.9 Å². The summed E-state index contributed by atoms with van der Waals surface area (Å²) in [5.41, 5.74) is 2.93. The van der Waals surface area contributed by atoms with Gasteiger partial charge in [0.05, 0.1) is 15.6 Å². The lowest BCUT2D eigenvalue weighted by Gasteiger charge is -2.29. The summed E-state index contributed by atoms with van der Waals surface area (Å²) in [6.07, 6.45) is 4.70. The molecule has 2 saturated heterocycles. The average Bonchev–Trinajstić information content (AvgIpc) is 3.25. The smallest absolute Gasteiger partial charge is 0.257 e. The Morgan fingerprint density at radius 1 is 0.897 bits per heavy atom. The Morgan fingerprint density at radius 2 is 1.69 bits per heavy atom. The number of nitrogens with one attached hydrogen (secondary N) is 1. The summed E-state index contributed by atoms with van der Waals surface area (Å²) in [6.45, 7) is 2.94. The number of rotatable bonds is 4. The molecule has 1 N–H and O–H groups in total. The minimum absolute atomic E-state index is 0.260. The van der Waals surface area contributed by atoms with E-state index in [1.165, 1.54) is 19.3 Å². The first kappa shape index (κ1) is 21.0. The molecule has 4 nitrogen and oxygen atoms in total. The molecule has 0 atom stereocenters. The minimum atomic E-state index is -0.296. The summed E-state index contributed by atoms with van der Waals surface area (Å²) in [7, 11) is 0. The molecule has 29 heavy (non-hydrogen) atoms. The van der Waals surface area contributed by atoms with Gasteiger partial charge in [0.1, 0.15) is 0 Å². The van der Waals surface area contributed by atoms with Crippen molar-refractivity contribution in [2.24, 2.45) is 0 Å². The second-order valence-corrected chi connectivity index (χ2v) is 9.61. The molecule has 154 valence electrons. The van der Waals surface area contributed by atoms with Gasteiger partial charge >= 0.3 is 0 Å². The molecule has 2 aromatic rings. The molecule has 2 aliphatic rings. The van der Waals surface area contributed by atoms with E-state index in [1.54, 1.807) is 24.1 Å². The maximum absolute atomic E-state index is 13.0. The SMILES string of the molecule is O=C(Nc1cc(Cl)cc(N2CCCCC2)c1)c1cc(N2CCCS2)cc(Cl)c1Cl. The van der Waals surface area contributed by atoms with Crippen molar-refractivity contribution in [3.8, 4) is 0 Å². The summed E-state index contributed by atoms with van der Waals surface area (Å²) in [5, 5.41) is 4.17. The van der Waals surface area contributed by atoms with Gasteiger partial charge in [0.2, 0.25) is 0 Å². The fourth-order valence-electron chi connectivity index (χ4n) is 3.71. The number of amides is 1. The van der Waals surface area contributed by atoms with E-state index in [4.69, 9.17) is 34.8 Å². The second kappa shape index (κ2) is 9.25. The standard InChI is InChI=1S/C21H22Cl3N3OS/c22-14-9-15(11-16(10-14)26-5-2-1-3-6-26)25-21(28)18-12-17(13-19(23)20(18)24)27-7-4-8-29-27/h9-13H,1-8H2,(H,25,28). The van der Waals surface area contributed by atoms with Crippen LogP contribution in [0.1, 0.15) is 36.0 Å². The van der Waals surface area contributed by atoms with E-state index in [0.717, 1.165) is 43.2 Å². The number of nitrogens with zero attached hydrogens (tertiary/aromatic N) is 2. The Morgan fingerprint density at radius 3 is 2.41 bits per heavy atom. The maximum atomic E-state index is 13.0. The molecular formula is C21H22Cl3N3OS.